The molecular weight excluding hydrogens is 318 g/mol. The summed E-state index contributed by atoms with van der Waals surface area (Å²) in [4.78, 5) is 25.1. The second kappa shape index (κ2) is 9.42. The van der Waals surface area contributed by atoms with Crippen LogP contribution in [0.2, 0.25) is 0 Å². The molecule has 0 spiro atoms. The molecule has 0 aliphatic carbocycles. The van der Waals surface area contributed by atoms with Crippen molar-refractivity contribution in [1.82, 2.24) is 10.6 Å². The highest BCUT2D eigenvalue weighted by atomic mass is 16.5. The van der Waals surface area contributed by atoms with Gasteiger partial charge in [0, 0.05) is 12.1 Å². The summed E-state index contributed by atoms with van der Waals surface area (Å²) in [6.45, 7) is 8.16. The highest BCUT2D eigenvalue weighted by molar-refractivity contribution is 5.99. The van der Waals surface area contributed by atoms with Crippen LogP contribution in [0.3, 0.4) is 0 Å². The zero-order valence-electron chi connectivity index (χ0n) is 15.9. The van der Waals surface area contributed by atoms with Gasteiger partial charge in [-0.15, -0.1) is 0 Å². The number of hydrogen-bond donors (Lipinski definition) is 3. The molecule has 140 valence electrons. The molecule has 0 saturated carbocycles. The van der Waals surface area contributed by atoms with E-state index in [2.05, 4.69) is 10.6 Å². The largest absolute Gasteiger partial charge is 0.496 e. The Morgan fingerprint density at radius 2 is 1.80 bits per heavy atom. The molecule has 1 aromatic carbocycles. The van der Waals surface area contributed by atoms with E-state index in [-0.39, 0.29) is 17.7 Å². The second-order valence-electron chi connectivity index (χ2n) is 6.68. The van der Waals surface area contributed by atoms with Gasteiger partial charge in [0.15, 0.2) is 0 Å². The predicted octanol–water partition coefficient (Wildman–Crippen LogP) is 2.08. The molecule has 0 aliphatic rings. The van der Waals surface area contributed by atoms with E-state index in [4.69, 9.17) is 10.5 Å². The first kappa shape index (κ1) is 21.0. The molecule has 1 atom stereocenters. The van der Waals surface area contributed by atoms with E-state index < -0.39 is 11.6 Å². The van der Waals surface area contributed by atoms with Gasteiger partial charge in [0.2, 0.25) is 5.91 Å². The number of nitrogens with one attached hydrogen (secondary N) is 2. The molecule has 0 heterocycles. The standard InChI is InChI=1S/C19H31N3O3/c1-6-19(20,7-2)12-21-18(24)16(13(3)4)22-17(23)14-10-8-9-11-15(14)25-5/h8-11,13,16H,6-7,12,20H2,1-5H3,(H,21,24)(H,22,23). The molecule has 4 N–H and O–H groups in total. The fraction of sp³-hybridized carbons (Fsp3) is 0.579. The Balaban J connectivity index is 2.83. The van der Waals surface area contributed by atoms with Gasteiger partial charge >= 0.3 is 0 Å². The van der Waals surface area contributed by atoms with Crippen molar-refractivity contribution in [2.24, 2.45) is 11.7 Å². The number of carbonyl (C=O) groups excluding carboxylic acids is 2. The van der Waals surface area contributed by atoms with E-state index in [1.165, 1.54) is 7.11 Å². The van der Waals surface area contributed by atoms with Crippen molar-refractivity contribution in [2.45, 2.75) is 52.1 Å². The molecule has 0 radical (unpaired) electrons. The molecule has 0 saturated heterocycles. The van der Waals surface area contributed by atoms with Gasteiger partial charge in [0.05, 0.1) is 12.7 Å². The third-order valence-electron chi connectivity index (χ3n) is 4.61. The summed E-state index contributed by atoms with van der Waals surface area (Å²) < 4.78 is 5.21. The summed E-state index contributed by atoms with van der Waals surface area (Å²) in [6.07, 6.45) is 1.54. The van der Waals surface area contributed by atoms with Crippen molar-refractivity contribution >= 4 is 11.8 Å². The lowest BCUT2D eigenvalue weighted by atomic mass is 9.94. The number of amides is 2. The minimum Gasteiger partial charge on any atom is -0.496 e. The van der Waals surface area contributed by atoms with Crippen molar-refractivity contribution in [3.63, 3.8) is 0 Å². The Bertz CT molecular complexity index is 583. The average molecular weight is 349 g/mol. The van der Waals surface area contributed by atoms with E-state index >= 15 is 0 Å². The molecule has 0 bridgehead atoms. The average Bonchev–Trinajstić information content (AvgIpc) is 2.63. The topological polar surface area (TPSA) is 93.5 Å². The van der Waals surface area contributed by atoms with Crippen LogP contribution in [0, 0.1) is 5.92 Å². The van der Waals surface area contributed by atoms with Crippen LogP contribution in [0.25, 0.3) is 0 Å². The molecule has 1 rings (SSSR count). The van der Waals surface area contributed by atoms with Crippen LogP contribution in [-0.2, 0) is 4.79 Å². The van der Waals surface area contributed by atoms with Gasteiger partial charge in [-0.25, -0.2) is 0 Å². The van der Waals surface area contributed by atoms with Crippen LogP contribution in [-0.4, -0.2) is 37.0 Å². The minimum absolute atomic E-state index is 0.0610. The van der Waals surface area contributed by atoms with Gasteiger partial charge in [-0.2, -0.15) is 0 Å². The molecule has 0 aromatic heterocycles. The Hall–Kier alpha value is -2.08. The van der Waals surface area contributed by atoms with Crippen LogP contribution >= 0.6 is 0 Å². The van der Waals surface area contributed by atoms with Gasteiger partial charge in [-0.05, 0) is 30.9 Å². The monoisotopic (exact) mass is 349 g/mol. The number of methoxy groups -OCH3 is 1. The summed E-state index contributed by atoms with van der Waals surface area (Å²) in [5.41, 5.74) is 6.21. The molecule has 25 heavy (non-hydrogen) atoms. The fourth-order valence-electron chi connectivity index (χ4n) is 2.46. The molecular formula is C19H31N3O3. The Morgan fingerprint density at radius 1 is 1.20 bits per heavy atom. The third kappa shape index (κ3) is 5.74. The predicted molar refractivity (Wildman–Crippen MR) is 99.6 cm³/mol. The number of hydrogen-bond acceptors (Lipinski definition) is 4. The second-order valence-corrected chi connectivity index (χ2v) is 6.68. The van der Waals surface area contributed by atoms with E-state index in [1.54, 1.807) is 24.3 Å². The van der Waals surface area contributed by atoms with Gasteiger partial charge < -0.3 is 21.1 Å². The smallest absolute Gasteiger partial charge is 0.255 e. The summed E-state index contributed by atoms with van der Waals surface area (Å²) in [5.74, 6) is -0.152. The first-order valence-corrected chi connectivity index (χ1v) is 8.78. The maximum absolute atomic E-state index is 12.6. The minimum atomic E-state index is -0.643. The number of ether oxygens (including phenoxy) is 1. The summed E-state index contributed by atoms with van der Waals surface area (Å²) in [6, 6.07) is 6.29. The summed E-state index contributed by atoms with van der Waals surface area (Å²) >= 11 is 0. The zero-order chi connectivity index (χ0) is 19.0. The maximum atomic E-state index is 12.6. The van der Waals surface area contributed by atoms with Gasteiger partial charge in [0.25, 0.3) is 5.91 Å². The number of carbonyl (C=O) groups is 2. The first-order chi connectivity index (χ1) is 11.8. The lowest BCUT2D eigenvalue weighted by Crippen LogP contribution is -2.55. The van der Waals surface area contributed by atoms with Crippen LogP contribution in [0.1, 0.15) is 50.9 Å². The van der Waals surface area contributed by atoms with E-state index in [9.17, 15) is 9.59 Å². The van der Waals surface area contributed by atoms with Crippen molar-refractivity contribution in [3.05, 3.63) is 29.8 Å². The van der Waals surface area contributed by atoms with Gasteiger partial charge in [-0.1, -0.05) is 39.8 Å². The summed E-state index contributed by atoms with van der Waals surface area (Å²) in [7, 11) is 1.51. The van der Waals surface area contributed by atoms with Crippen molar-refractivity contribution in [2.75, 3.05) is 13.7 Å². The number of rotatable bonds is 9. The Morgan fingerprint density at radius 3 is 2.32 bits per heavy atom. The molecule has 1 aromatic rings. The number of para-hydroxylation sites is 1. The molecule has 6 nitrogen and oxygen atoms in total. The zero-order valence-corrected chi connectivity index (χ0v) is 15.9. The van der Waals surface area contributed by atoms with Gasteiger partial charge in [-0.3, -0.25) is 9.59 Å². The van der Waals surface area contributed by atoms with Crippen LogP contribution < -0.4 is 21.1 Å². The Kier molecular flexibility index (Phi) is 7.90. The van der Waals surface area contributed by atoms with Gasteiger partial charge in [0.1, 0.15) is 11.8 Å². The van der Waals surface area contributed by atoms with E-state index in [0.29, 0.717) is 17.9 Å². The van der Waals surface area contributed by atoms with Crippen molar-refractivity contribution in [3.8, 4) is 5.75 Å². The van der Waals surface area contributed by atoms with Crippen LogP contribution in [0.15, 0.2) is 24.3 Å². The SMILES string of the molecule is CCC(N)(CC)CNC(=O)C(NC(=O)c1ccccc1OC)C(C)C. The number of benzene rings is 1. The quantitative estimate of drug-likeness (QED) is 0.636. The van der Waals surface area contributed by atoms with Crippen molar-refractivity contribution in [1.29, 1.82) is 0 Å². The molecule has 0 aliphatic heterocycles. The van der Waals surface area contributed by atoms with E-state index in [1.807, 2.05) is 27.7 Å². The molecule has 1 unspecified atom stereocenters. The molecule has 6 heteroatoms. The fourth-order valence-corrected chi connectivity index (χ4v) is 2.46. The highest BCUT2D eigenvalue weighted by Crippen LogP contribution is 2.18. The lowest BCUT2D eigenvalue weighted by Gasteiger charge is -2.29. The maximum Gasteiger partial charge on any atom is 0.255 e. The molecule has 2 amide bonds. The number of nitrogens with two attached hydrogens (primary N) is 1. The normalized spacial score (nSPS) is 12.6. The highest BCUT2D eigenvalue weighted by Gasteiger charge is 2.28. The van der Waals surface area contributed by atoms with Crippen molar-refractivity contribution < 1.29 is 14.3 Å². The first-order valence-electron chi connectivity index (χ1n) is 8.78. The lowest BCUT2D eigenvalue weighted by molar-refractivity contribution is -0.124. The summed E-state index contributed by atoms with van der Waals surface area (Å²) in [5, 5.41) is 5.69. The van der Waals surface area contributed by atoms with Crippen LogP contribution in [0.4, 0.5) is 0 Å². The van der Waals surface area contributed by atoms with E-state index in [0.717, 1.165) is 12.8 Å². The third-order valence-corrected chi connectivity index (χ3v) is 4.61. The Labute approximate surface area is 150 Å². The van der Waals surface area contributed by atoms with Crippen LogP contribution in [0.5, 0.6) is 5.75 Å². The molecule has 0 fully saturated rings.